The van der Waals surface area contributed by atoms with Crippen molar-refractivity contribution in [3.63, 3.8) is 0 Å². The van der Waals surface area contributed by atoms with Gasteiger partial charge in [-0.2, -0.15) is 9.97 Å². The predicted molar refractivity (Wildman–Crippen MR) is 215 cm³/mol. The van der Waals surface area contributed by atoms with Crippen LogP contribution in [-0.2, 0) is 17.6 Å². The first-order chi connectivity index (χ1) is 27.5. The third kappa shape index (κ3) is 8.25. The summed E-state index contributed by atoms with van der Waals surface area (Å²) in [6.45, 7) is 24.0. The smallest absolute Gasteiger partial charge is 0.256 e. The lowest BCUT2D eigenvalue weighted by Gasteiger charge is -2.12. The number of rotatable bonds is 9. The third-order valence-corrected chi connectivity index (χ3v) is 9.68. The summed E-state index contributed by atoms with van der Waals surface area (Å²) in [5.74, 6) is 2.82. The van der Waals surface area contributed by atoms with Gasteiger partial charge in [0, 0.05) is 35.2 Å². The Labute approximate surface area is 330 Å². The first-order valence-electron chi connectivity index (χ1n) is 18.8. The number of hydrogen-bond acceptors (Lipinski definition) is 10. The number of fused-ring (bicyclic) bond motifs is 2. The topological polar surface area (TPSA) is 160 Å². The summed E-state index contributed by atoms with van der Waals surface area (Å²) in [5.41, 5.74) is 14.8. The molecule has 0 saturated carbocycles. The minimum Gasteiger partial charge on any atom is -0.502 e. The molecule has 1 amide bonds. The Morgan fingerprint density at radius 1 is 0.754 bits per heavy atom. The molecule has 2 aliphatic rings. The fourth-order valence-electron chi connectivity index (χ4n) is 7.24. The molecule has 0 aliphatic heterocycles. The van der Waals surface area contributed by atoms with E-state index in [0.717, 1.165) is 53.5 Å². The summed E-state index contributed by atoms with van der Waals surface area (Å²) >= 11 is 0. The normalized spacial score (nSPS) is 15.3. The average Bonchev–Trinajstić information content (AvgIpc) is 4.03. The van der Waals surface area contributed by atoms with Gasteiger partial charge in [0.25, 0.3) is 11.8 Å². The zero-order valence-electron chi connectivity index (χ0n) is 32.4. The lowest BCUT2D eigenvalue weighted by molar-refractivity contribution is -0.119. The van der Waals surface area contributed by atoms with Gasteiger partial charge in [-0.3, -0.25) is 4.79 Å². The number of amides is 1. The van der Waals surface area contributed by atoms with Crippen LogP contribution in [0.4, 0.5) is 11.4 Å². The van der Waals surface area contributed by atoms with Crippen LogP contribution in [0.3, 0.4) is 0 Å². The summed E-state index contributed by atoms with van der Waals surface area (Å²) in [7, 11) is 0. The van der Waals surface area contributed by atoms with Crippen LogP contribution >= 0.6 is 0 Å². The Hall–Kier alpha value is -6.83. The van der Waals surface area contributed by atoms with Crippen molar-refractivity contribution in [2.45, 2.75) is 84.6 Å². The molecule has 0 saturated heterocycles. The highest BCUT2D eigenvalue weighted by Gasteiger charge is 2.28. The number of nitrogens with zero attached hydrogens (tertiary/aromatic N) is 6. The van der Waals surface area contributed by atoms with Crippen molar-refractivity contribution in [3.8, 4) is 57.2 Å². The number of carbonyl (C=O) groups is 1. The SMILES string of the molecule is [C-]#[N+]c1cc(-c2nc(-c3cccc4c3CC[C@@H]4N)no2)ccc1OC(C)C.[C-]#[N+]c1cc(-c2nc(-c3cccc4c3CC[C@@H]4NC(C)=O)no2)ccc1OC(C)C. The molecule has 2 aliphatic carbocycles. The Morgan fingerprint density at radius 3 is 1.74 bits per heavy atom. The number of benzene rings is 4. The quantitative estimate of drug-likeness (QED) is 0.136. The van der Waals surface area contributed by atoms with Gasteiger partial charge >= 0.3 is 0 Å². The second kappa shape index (κ2) is 16.5. The van der Waals surface area contributed by atoms with Crippen LogP contribution in [0.2, 0.25) is 0 Å². The molecular weight excluding hydrogens is 721 g/mol. The average molecular weight is 763 g/mol. The molecule has 0 fully saturated rings. The molecular formula is C44H42N8O5. The van der Waals surface area contributed by atoms with Crippen LogP contribution in [0, 0.1) is 13.1 Å². The maximum atomic E-state index is 11.5. The largest absolute Gasteiger partial charge is 0.502 e. The van der Waals surface area contributed by atoms with Gasteiger partial charge in [-0.05, 0) is 112 Å². The van der Waals surface area contributed by atoms with E-state index in [1.165, 1.54) is 12.5 Å². The van der Waals surface area contributed by atoms with E-state index in [9.17, 15) is 4.79 Å². The van der Waals surface area contributed by atoms with Gasteiger partial charge in [-0.15, -0.1) is 0 Å². The zero-order chi connectivity index (χ0) is 40.2. The summed E-state index contributed by atoms with van der Waals surface area (Å²) < 4.78 is 22.3. The van der Waals surface area contributed by atoms with Crippen LogP contribution in [0.25, 0.3) is 55.4 Å². The van der Waals surface area contributed by atoms with E-state index < -0.39 is 0 Å². The highest BCUT2D eigenvalue weighted by Crippen LogP contribution is 2.40. The molecule has 4 aromatic carbocycles. The molecule has 288 valence electrons. The van der Waals surface area contributed by atoms with Crippen molar-refractivity contribution in [1.82, 2.24) is 25.6 Å². The van der Waals surface area contributed by atoms with E-state index in [1.807, 2.05) is 70.2 Å². The molecule has 8 rings (SSSR count). The third-order valence-electron chi connectivity index (χ3n) is 9.68. The van der Waals surface area contributed by atoms with E-state index in [0.29, 0.717) is 57.4 Å². The van der Waals surface area contributed by atoms with Gasteiger partial charge in [0.2, 0.25) is 28.9 Å². The molecule has 13 nitrogen and oxygen atoms in total. The van der Waals surface area contributed by atoms with Gasteiger partial charge in [-0.1, -0.05) is 46.7 Å². The fraction of sp³-hybridized carbons (Fsp3) is 0.295. The first kappa shape index (κ1) is 38.4. The Morgan fingerprint density at radius 2 is 1.25 bits per heavy atom. The van der Waals surface area contributed by atoms with Gasteiger partial charge in [0.05, 0.1) is 31.4 Å². The van der Waals surface area contributed by atoms with Crippen molar-refractivity contribution in [3.05, 3.63) is 118 Å². The van der Waals surface area contributed by atoms with E-state index in [-0.39, 0.29) is 30.2 Å². The van der Waals surface area contributed by atoms with Crippen LogP contribution < -0.4 is 20.5 Å². The maximum absolute atomic E-state index is 11.5. The molecule has 0 radical (unpaired) electrons. The van der Waals surface area contributed by atoms with Gasteiger partial charge in [0.1, 0.15) is 11.5 Å². The Balaban J connectivity index is 0.000000175. The number of nitrogens with two attached hydrogens (primary N) is 1. The van der Waals surface area contributed by atoms with Crippen LogP contribution in [0.15, 0.2) is 81.8 Å². The number of ether oxygens (including phenoxy) is 2. The molecule has 57 heavy (non-hydrogen) atoms. The molecule has 3 N–H and O–H groups in total. The Bertz CT molecular complexity index is 2520. The summed E-state index contributed by atoms with van der Waals surface area (Å²) in [6, 6.07) is 22.6. The second-order valence-corrected chi connectivity index (χ2v) is 14.5. The molecule has 13 heteroatoms. The summed E-state index contributed by atoms with van der Waals surface area (Å²) in [5, 5.41) is 11.3. The van der Waals surface area contributed by atoms with Crippen LogP contribution in [0.1, 0.15) is 81.8 Å². The minimum atomic E-state index is -0.0411. The molecule has 0 spiro atoms. The summed E-state index contributed by atoms with van der Waals surface area (Å²) in [4.78, 5) is 27.7. The minimum absolute atomic E-state index is 0.00194. The van der Waals surface area contributed by atoms with Crippen molar-refractivity contribution in [1.29, 1.82) is 0 Å². The summed E-state index contributed by atoms with van der Waals surface area (Å²) in [6.07, 6.45) is 3.51. The van der Waals surface area contributed by atoms with Gasteiger partial charge < -0.3 is 29.6 Å². The van der Waals surface area contributed by atoms with Crippen molar-refractivity contribution < 1.29 is 23.3 Å². The Kier molecular flexibility index (Phi) is 11.1. The van der Waals surface area contributed by atoms with E-state index >= 15 is 0 Å². The van der Waals surface area contributed by atoms with E-state index in [4.69, 9.17) is 37.4 Å². The van der Waals surface area contributed by atoms with Gasteiger partial charge in [0.15, 0.2) is 0 Å². The zero-order valence-corrected chi connectivity index (χ0v) is 32.4. The monoisotopic (exact) mass is 762 g/mol. The number of aromatic nitrogens is 4. The van der Waals surface area contributed by atoms with Crippen molar-refractivity contribution in [2.75, 3.05) is 0 Å². The first-order valence-corrected chi connectivity index (χ1v) is 18.8. The standard InChI is InChI=1S/C23H22N4O3.C21H20N4O2/c1-13(2)29-21-11-8-15(12-20(21)24-4)23-26-22(27-30-23)18-7-5-6-17-16(18)9-10-19(17)25-14(3)28;1-12(2)26-19-10-7-13(11-18(19)23-3)21-24-20(25-27-21)16-6-4-5-15-14(16)8-9-17(15)22/h5-8,11-13,19H,9-10H2,1-3H3,(H,25,28);4-7,10-12,17H,8-9,22H2,1-2H3/t19-;17-/m00/s1. The van der Waals surface area contributed by atoms with Crippen LogP contribution in [-0.4, -0.2) is 38.4 Å². The fourth-order valence-corrected chi connectivity index (χ4v) is 7.24. The lowest BCUT2D eigenvalue weighted by atomic mass is 10.0. The van der Waals surface area contributed by atoms with Gasteiger partial charge in [-0.25, -0.2) is 9.69 Å². The molecule has 2 aromatic heterocycles. The second-order valence-electron chi connectivity index (χ2n) is 14.5. The molecule has 0 unspecified atom stereocenters. The highest BCUT2D eigenvalue weighted by atomic mass is 16.5. The lowest BCUT2D eigenvalue weighted by Crippen LogP contribution is -2.24. The van der Waals surface area contributed by atoms with E-state index in [1.54, 1.807) is 24.3 Å². The number of hydrogen-bond donors (Lipinski definition) is 2. The van der Waals surface area contributed by atoms with Crippen LogP contribution in [0.5, 0.6) is 11.5 Å². The van der Waals surface area contributed by atoms with Crippen molar-refractivity contribution >= 4 is 17.3 Å². The predicted octanol–water partition coefficient (Wildman–Crippen LogP) is 9.55. The molecule has 2 atom stereocenters. The maximum Gasteiger partial charge on any atom is 0.256 e. The number of carbonyl (C=O) groups excluding carboxylic acids is 1. The van der Waals surface area contributed by atoms with Crippen molar-refractivity contribution in [2.24, 2.45) is 5.73 Å². The van der Waals surface area contributed by atoms with E-state index in [2.05, 4.69) is 41.4 Å². The molecule has 2 heterocycles. The molecule has 0 bridgehead atoms. The highest BCUT2D eigenvalue weighted by molar-refractivity contribution is 5.75. The molecule has 6 aromatic rings. The number of nitrogens with one attached hydrogen (secondary N) is 1.